The molecule has 0 saturated carbocycles. The Hall–Kier alpha value is -5.86. The second kappa shape index (κ2) is 11.6. The van der Waals surface area contributed by atoms with Gasteiger partial charge in [0, 0.05) is 33.0 Å². The first-order valence-electron chi connectivity index (χ1n) is 18.4. The Kier molecular flexibility index (Phi) is 7.14. The summed E-state index contributed by atoms with van der Waals surface area (Å²) in [5.74, 6) is 0. The van der Waals surface area contributed by atoms with Crippen LogP contribution in [0.15, 0.2) is 163 Å². The number of hydrogen-bond acceptors (Lipinski definition) is 1. The van der Waals surface area contributed by atoms with E-state index < -0.39 is 0 Å². The van der Waals surface area contributed by atoms with Crippen LogP contribution in [0.5, 0.6) is 0 Å². The van der Waals surface area contributed by atoms with Crippen molar-refractivity contribution in [1.29, 1.82) is 0 Å². The molecule has 6 aromatic carbocycles. The number of aryl methyl sites for hydroxylation is 1. The number of anilines is 2. The molecule has 2 nitrogen and oxygen atoms in total. The zero-order chi connectivity index (χ0) is 35.9. The fourth-order valence-corrected chi connectivity index (χ4v) is 8.82. The Morgan fingerprint density at radius 3 is 2.02 bits per heavy atom. The molecule has 1 aromatic heterocycles. The van der Waals surface area contributed by atoms with E-state index in [9.17, 15) is 0 Å². The summed E-state index contributed by atoms with van der Waals surface area (Å²) in [5.41, 5.74) is 18.4. The molecular formula is C50H44N2. The molecular weight excluding hydrogens is 629 g/mol. The van der Waals surface area contributed by atoms with Gasteiger partial charge in [0.15, 0.2) is 0 Å². The van der Waals surface area contributed by atoms with Gasteiger partial charge in [0.2, 0.25) is 0 Å². The van der Waals surface area contributed by atoms with Gasteiger partial charge < -0.3 is 9.47 Å². The molecule has 1 aliphatic heterocycles. The number of rotatable bonds is 5. The summed E-state index contributed by atoms with van der Waals surface area (Å²) in [5, 5.41) is 2.52. The van der Waals surface area contributed by atoms with Crippen molar-refractivity contribution >= 4 is 38.8 Å². The Morgan fingerprint density at radius 1 is 0.577 bits per heavy atom. The lowest BCUT2D eigenvalue weighted by Crippen LogP contribution is -2.32. The molecule has 0 radical (unpaired) electrons. The molecule has 0 N–H and O–H groups in total. The van der Waals surface area contributed by atoms with Crippen LogP contribution in [0.4, 0.5) is 11.4 Å². The zero-order valence-electron chi connectivity index (χ0n) is 31.0. The Bertz CT molecular complexity index is 2660. The minimum Gasteiger partial charge on any atom is -0.310 e. The van der Waals surface area contributed by atoms with Gasteiger partial charge in [-0.05, 0) is 107 Å². The lowest BCUT2D eigenvalue weighted by molar-refractivity contribution is 0.630. The third kappa shape index (κ3) is 4.70. The molecule has 1 aliphatic carbocycles. The predicted octanol–water partition coefficient (Wildman–Crippen LogP) is 13.4. The van der Waals surface area contributed by atoms with Crippen molar-refractivity contribution in [1.82, 2.24) is 4.57 Å². The summed E-state index contributed by atoms with van der Waals surface area (Å²) >= 11 is 0. The standard InChI is InChI=1S/C50H44N2/c1-32-21-26-47-43(29-32)50(6,7)44-31-36(35-23-27-46-41(30-35)40-18-12-14-20-45(40)52(46)37-15-9-8-10-16-37)24-28-48(44)51(47)33(2)22-25-38-34(3)49(4,5)42-19-13-11-17-39(38)42/h8-31H,2H2,1,3-7H3/b25-22-. The van der Waals surface area contributed by atoms with Crippen LogP contribution in [0.25, 0.3) is 44.2 Å². The van der Waals surface area contributed by atoms with Gasteiger partial charge in [0.1, 0.15) is 0 Å². The van der Waals surface area contributed by atoms with Crippen molar-refractivity contribution in [3.05, 3.63) is 191 Å². The first-order valence-corrected chi connectivity index (χ1v) is 18.4. The molecule has 0 unspecified atom stereocenters. The second-order valence-corrected chi connectivity index (χ2v) is 15.7. The number of para-hydroxylation sites is 2. The first-order chi connectivity index (χ1) is 25.1. The zero-order valence-corrected chi connectivity index (χ0v) is 31.0. The lowest BCUT2D eigenvalue weighted by atomic mass is 9.72. The molecule has 52 heavy (non-hydrogen) atoms. The molecule has 2 heteroatoms. The highest BCUT2D eigenvalue weighted by Gasteiger charge is 2.38. The molecule has 0 saturated heterocycles. The maximum Gasteiger partial charge on any atom is 0.0541 e. The summed E-state index contributed by atoms with van der Waals surface area (Å²) in [4.78, 5) is 2.37. The Balaban J connectivity index is 1.17. The van der Waals surface area contributed by atoms with Gasteiger partial charge in [-0.2, -0.15) is 0 Å². The molecule has 7 aromatic rings. The highest BCUT2D eigenvalue weighted by atomic mass is 15.2. The molecule has 254 valence electrons. The number of fused-ring (bicyclic) bond motifs is 6. The van der Waals surface area contributed by atoms with E-state index in [-0.39, 0.29) is 10.8 Å². The van der Waals surface area contributed by atoms with Crippen LogP contribution < -0.4 is 4.90 Å². The number of aromatic nitrogens is 1. The average Bonchev–Trinajstić information content (AvgIpc) is 3.58. The van der Waals surface area contributed by atoms with Crippen molar-refractivity contribution in [2.24, 2.45) is 0 Å². The predicted molar refractivity (Wildman–Crippen MR) is 222 cm³/mol. The molecule has 2 heterocycles. The molecule has 9 rings (SSSR count). The quantitative estimate of drug-likeness (QED) is 0.165. The normalized spacial score (nSPS) is 15.7. The Morgan fingerprint density at radius 2 is 1.21 bits per heavy atom. The summed E-state index contributed by atoms with van der Waals surface area (Å²) < 4.78 is 2.38. The van der Waals surface area contributed by atoms with Crippen molar-refractivity contribution in [2.75, 3.05) is 4.90 Å². The van der Waals surface area contributed by atoms with E-state index in [4.69, 9.17) is 6.58 Å². The molecule has 0 atom stereocenters. The summed E-state index contributed by atoms with van der Waals surface area (Å²) in [6.45, 7) is 18.6. The van der Waals surface area contributed by atoms with Crippen LogP contribution in [0.3, 0.4) is 0 Å². The highest BCUT2D eigenvalue weighted by Crippen LogP contribution is 2.52. The fraction of sp³-hybridized carbons (Fsp3) is 0.160. The third-order valence-electron chi connectivity index (χ3n) is 12.0. The molecule has 0 bridgehead atoms. The minimum absolute atomic E-state index is 0.000651. The smallest absolute Gasteiger partial charge is 0.0541 e. The van der Waals surface area contributed by atoms with E-state index in [0.29, 0.717) is 0 Å². The maximum atomic E-state index is 4.71. The van der Waals surface area contributed by atoms with Gasteiger partial charge in [-0.15, -0.1) is 0 Å². The third-order valence-corrected chi connectivity index (χ3v) is 12.0. The topological polar surface area (TPSA) is 8.17 Å². The van der Waals surface area contributed by atoms with Gasteiger partial charge in [-0.3, -0.25) is 0 Å². The Labute approximate surface area is 307 Å². The van der Waals surface area contributed by atoms with Gasteiger partial charge in [-0.25, -0.2) is 0 Å². The van der Waals surface area contributed by atoms with Crippen molar-refractivity contribution in [2.45, 2.75) is 52.4 Å². The number of benzene rings is 6. The van der Waals surface area contributed by atoms with Gasteiger partial charge >= 0.3 is 0 Å². The first kappa shape index (κ1) is 32.1. The lowest BCUT2D eigenvalue weighted by Gasteiger charge is -2.42. The molecule has 0 amide bonds. The van der Waals surface area contributed by atoms with Gasteiger partial charge in [0.05, 0.1) is 22.4 Å². The number of hydrogen-bond donors (Lipinski definition) is 0. The van der Waals surface area contributed by atoms with E-state index in [1.54, 1.807) is 0 Å². The summed E-state index contributed by atoms with van der Waals surface area (Å²) in [6.07, 6.45) is 4.50. The second-order valence-electron chi connectivity index (χ2n) is 15.7. The molecule has 2 aliphatic rings. The van der Waals surface area contributed by atoms with Crippen LogP contribution in [-0.2, 0) is 10.8 Å². The van der Waals surface area contributed by atoms with Crippen LogP contribution in [0.2, 0.25) is 0 Å². The maximum absolute atomic E-state index is 4.71. The SMILES string of the molecule is C=C(/C=C\C1=C(C)C(C)(C)c2ccccc21)N1c2ccc(C)cc2C(C)(C)c2cc(-c3ccc4c(c3)c3ccccc3n4-c3ccccc3)ccc21. The van der Waals surface area contributed by atoms with Crippen LogP contribution in [-0.4, -0.2) is 4.57 Å². The van der Waals surface area contributed by atoms with E-state index >= 15 is 0 Å². The number of nitrogens with zero attached hydrogens (tertiary/aromatic N) is 2. The largest absolute Gasteiger partial charge is 0.310 e. The average molecular weight is 673 g/mol. The van der Waals surface area contributed by atoms with Crippen molar-refractivity contribution in [3.8, 4) is 16.8 Å². The van der Waals surface area contributed by atoms with Gasteiger partial charge in [-0.1, -0.05) is 136 Å². The van der Waals surface area contributed by atoms with Crippen LogP contribution in [0, 0.1) is 6.92 Å². The molecule has 0 spiro atoms. The summed E-state index contributed by atoms with van der Waals surface area (Å²) in [6, 6.07) is 49.1. The van der Waals surface area contributed by atoms with Crippen molar-refractivity contribution < 1.29 is 0 Å². The monoisotopic (exact) mass is 672 g/mol. The van der Waals surface area contributed by atoms with E-state index in [0.717, 1.165) is 5.70 Å². The van der Waals surface area contributed by atoms with E-state index in [1.807, 2.05) is 0 Å². The van der Waals surface area contributed by atoms with E-state index in [1.165, 1.54) is 89.0 Å². The highest BCUT2D eigenvalue weighted by molar-refractivity contribution is 6.10. The fourth-order valence-electron chi connectivity index (χ4n) is 8.82. The van der Waals surface area contributed by atoms with Crippen LogP contribution in [0.1, 0.15) is 62.4 Å². The minimum atomic E-state index is -0.214. The van der Waals surface area contributed by atoms with E-state index in [2.05, 4.69) is 197 Å². The van der Waals surface area contributed by atoms with Gasteiger partial charge in [0.25, 0.3) is 0 Å². The summed E-state index contributed by atoms with van der Waals surface area (Å²) in [7, 11) is 0. The van der Waals surface area contributed by atoms with Crippen molar-refractivity contribution in [3.63, 3.8) is 0 Å². The number of allylic oxidation sites excluding steroid dienone is 4. The molecule has 0 fully saturated rings. The van der Waals surface area contributed by atoms with Crippen LogP contribution >= 0.6 is 0 Å².